The van der Waals surface area contributed by atoms with E-state index in [1.165, 1.54) is 5.56 Å². The molecule has 0 heterocycles. The third kappa shape index (κ3) is 3.37. The maximum Gasteiger partial charge on any atom is 0.205 e. The average molecular weight is 395 g/mol. The summed E-state index contributed by atoms with van der Waals surface area (Å²) in [5.41, 5.74) is 2.00. The molecule has 0 aromatic heterocycles. The number of sulfone groups is 1. The molecule has 3 nitrogen and oxygen atoms in total. The van der Waals surface area contributed by atoms with Crippen molar-refractivity contribution in [2.45, 2.75) is 36.5 Å². The zero-order valence-electron chi connectivity index (χ0n) is 12.9. The van der Waals surface area contributed by atoms with Crippen molar-refractivity contribution in [1.29, 1.82) is 0 Å². The molecule has 1 N–H and O–H groups in total. The van der Waals surface area contributed by atoms with Gasteiger partial charge in [0, 0.05) is 10.4 Å². The molecule has 1 aliphatic carbocycles. The lowest BCUT2D eigenvalue weighted by molar-refractivity contribution is 0.168. The highest BCUT2D eigenvalue weighted by atomic mass is 79.9. The number of fused-ring (bicyclic) bond motifs is 1. The first-order valence-corrected chi connectivity index (χ1v) is 9.98. The lowest BCUT2D eigenvalue weighted by Crippen LogP contribution is -2.33. The Balaban J connectivity index is 1.84. The molecule has 5 heteroatoms. The lowest BCUT2D eigenvalue weighted by atomic mass is 9.84. The van der Waals surface area contributed by atoms with Crippen LogP contribution in [0.1, 0.15) is 23.1 Å². The van der Waals surface area contributed by atoms with Crippen LogP contribution in [0.15, 0.2) is 51.8 Å². The van der Waals surface area contributed by atoms with E-state index in [-0.39, 0.29) is 10.8 Å². The fourth-order valence-electron chi connectivity index (χ4n) is 3.12. The third-order valence-corrected chi connectivity index (χ3v) is 6.95. The van der Waals surface area contributed by atoms with Gasteiger partial charge in [0.05, 0.1) is 4.90 Å². The molecule has 2 aromatic carbocycles. The summed E-state index contributed by atoms with van der Waals surface area (Å²) in [6, 6.07) is 12.7. The van der Waals surface area contributed by atoms with E-state index >= 15 is 0 Å². The van der Waals surface area contributed by atoms with Gasteiger partial charge in [-0.3, -0.25) is 0 Å². The molecule has 0 aliphatic heterocycles. The summed E-state index contributed by atoms with van der Waals surface area (Å²) in [5.74, 6) is -0.269. The Hall–Kier alpha value is -1.17. The zero-order valence-corrected chi connectivity index (χ0v) is 15.3. The molecule has 2 unspecified atom stereocenters. The van der Waals surface area contributed by atoms with Crippen LogP contribution in [0.5, 0.6) is 0 Å². The Morgan fingerprint density at radius 1 is 1.13 bits per heavy atom. The zero-order chi connectivity index (χ0) is 16.6. The molecule has 0 bridgehead atoms. The number of hydrogen-bond acceptors (Lipinski definition) is 3. The summed E-state index contributed by atoms with van der Waals surface area (Å²) in [5, 5.41) is 10.5. The van der Waals surface area contributed by atoms with Gasteiger partial charge in [0.15, 0.2) is 5.44 Å². The number of aliphatic hydroxyl groups is 1. The first kappa shape index (κ1) is 16.7. The van der Waals surface area contributed by atoms with Crippen LogP contribution in [0.4, 0.5) is 0 Å². The fraction of sp³-hybridized carbons (Fsp3) is 0.333. The van der Waals surface area contributed by atoms with Crippen LogP contribution >= 0.6 is 15.9 Å². The van der Waals surface area contributed by atoms with E-state index in [4.69, 9.17) is 0 Å². The van der Waals surface area contributed by atoms with Crippen LogP contribution in [-0.4, -0.2) is 19.0 Å². The topological polar surface area (TPSA) is 54.4 Å². The number of aliphatic hydroxyl groups excluding tert-OH is 1. The van der Waals surface area contributed by atoms with Crippen LogP contribution in [0, 0.1) is 12.8 Å². The van der Waals surface area contributed by atoms with Crippen molar-refractivity contribution in [1.82, 2.24) is 0 Å². The molecule has 3 rings (SSSR count). The van der Waals surface area contributed by atoms with Crippen molar-refractivity contribution < 1.29 is 13.5 Å². The smallest absolute Gasteiger partial charge is 0.205 e. The lowest BCUT2D eigenvalue weighted by Gasteiger charge is -2.28. The van der Waals surface area contributed by atoms with E-state index in [1.807, 2.05) is 19.1 Å². The van der Waals surface area contributed by atoms with Crippen molar-refractivity contribution in [3.63, 3.8) is 0 Å². The molecule has 0 radical (unpaired) electrons. The minimum atomic E-state index is -3.72. The predicted molar refractivity (Wildman–Crippen MR) is 94.0 cm³/mol. The van der Waals surface area contributed by atoms with Crippen LogP contribution < -0.4 is 0 Å². The quantitative estimate of drug-likeness (QED) is 0.863. The summed E-state index contributed by atoms with van der Waals surface area (Å²) in [6.07, 6.45) is 2.06. The van der Waals surface area contributed by atoms with Gasteiger partial charge in [-0.2, -0.15) is 0 Å². The number of halogens is 1. The number of aryl methyl sites for hydroxylation is 2. The molecular formula is C18H19BrO3S. The summed E-state index contributed by atoms with van der Waals surface area (Å²) in [6.45, 7) is 1.91. The fourth-order valence-corrected chi connectivity index (χ4v) is 5.06. The van der Waals surface area contributed by atoms with E-state index in [0.29, 0.717) is 12.8 Å². The van der Waals surface area contributed by atoms with Gasteiger partial charge in [-0.15, -0.1) is 0 Å². The Bertz CT molecular complexity index is 813. The Morgan fingerprint density at radius 2 is 1.83 bits per heavy atom. The highest BCUT2D eigenvalue weighted by Crippen LogP contribution is 2.32. The predicted octanol–water partition coefficient (Wildman–Crippen LogP) is 3.65. The highest BCUT2D eigenvalue weighted by molar-refractivity contribution is 9.10. The standard InChI is InChI=1S/C18H19BrO3S/c1-12-2-8-17(9-3-12)23(21,22)18(20)15-5-4-14-11-16(19)7-6-13(14)10-15/h2-3,6-9,11,15,18,20H,4-5,10H2,1H3. The average Bonchev–Trinajstić information content (AvgIpc) is 2.54. The molecule has 0 spiro atoms. The van der Waals surface area contributed by atoms with Crippen molar-refractivity contribution in [2.24, 2.45) is 5.92 Å². The van der Waals surface area contributed by atoms with Gasteiger partial charge in [-0.05, 0) is 61.6 Å². The third-order valence-electron chi connectivity index (χ3n) is 4.51. The van der Waals surface area contributed by atoms with Gasteiger partial charge in [0.2, 0.25) is 9.84 Å². The van der Waals surface area contributed by atoms with Crippen molar-refractivity contribution in [3.8, 4) is 0 Å². The van der Waals surface area contributed by atoms with Gasteiger partial charge in [0.1, 0.15) is 0 Å². The molecular weight excluding hydrogens is 376 g/mol. The van der Waals surface area contributed by atoms with Gasteiger partial charge < -0.3 is 5.11 Å². The van der Waals surface area contributed by atoms with Crippen LogP contribution in [0.25, 0.3) is 0 Å². The number of rotatable bonds is 3. The largest absolute Gasteiger partial charge is 0.376 e. The van der Waals surface area contributed by atoms with Crippen LogP contribution in [0.3, 0.4) is 0 Å². The second-order valence-electron chi connectivity index (χ2n) is 6.16. The molecule has 0 amide bonds. The Morgan fingerprint density at radius 3 is 2.52 bits per heavy atom. The maximum absolute atomic E-state index is 12.7. The Kier molecular flexibility index (Phi) is 4.63. The second kappa shape index (κ2) is 6.38. The van der Waals surface area contributed by atoms with Crippen molar-refractivity contribution in [3.05, 3.63) is 63.6 Å². The highest BCUT2D eigenvalue weighted by Gasteiger charge is 2.34. The van der Waals surface area contributed by atoms with Gasteiger partial charge in [-0.1, -0.05) is 39.7 Å². The van der Waals surface area contributed by atoms with E-state index in [1.54, 1.807) is 24.3 Å². The summed E-state index contributed by atoms with van der Waals surface area (Å²) >= 11 is 3.46. The summed E-state index contributed by atoms with van der Waals surface area (Å²) in [7, 11) is -3.72. The SMILES string of the molecule is Cc1ccc(S(=O)(=O)C(O)C2CCc3cc(Br)ccc3C2)cc1. The van der Waals surface area contributed by atoms with Gasteiger partial charge >= 0.3 is 0 Å². The Labute approximate surface area is 145 Å². The van der Waals surface area contributed by atoms with E-state index in [9.17, 15) is 13.5 Å². The molecule has 23 heavy (non-hydrogen) atoms. The summed E-state index contributed by atoms with van der Waals surface area (Å²) < 4.78 is 26.3. The normalized spacial score (nSPS) is 19.2. The van der Waals surface area contributed by atoms with E-state index in [2.05, 4.69) is 22.0 Å². The van der Waals surface area contributed by atoms with E-state index < -0.39 is 15.3 Å². The van der Waals surface area contributed by atoms with E-state index in [0.717, 1.165) is 22.0 Å². The number of benzene rings is 2. The molecule has 122 valence electrons. The first-order valence-electron chi connectivity index (χ1n) is 7.64. The first-order chi connectivity index (χ1) is 10.9. The maximum atomic E-state index is 12.7. The molecule has 1 aliphatic rings. The second-order valence-corrected chi connectivity index (χ2v) is 9.12. The molecule has 0 saturated heterocycles. The number of hydrogen-bond donors (Lipinski definition) is 1. The molecule has 0 saturated carbocycles. The van der Waals surface area contributed by atoms with Crippen LogP contribution in [-0.2, 0) is 22.7 Å². The minimum absolute atomic E-state index is 0.192. The van der Waals surface area contributed by atoms with Gasteiger partial charge in [0.25, 0.3) is 0 Å². The summed E-state index contributed by atoms with van der Waals surface area (Å²) in [4.78, 5) is 0.192. The molecule has 0 fully saturated rings. The molecule has 2 aromatic rings. The minimum Gasteiger partial charge on any atom is -0.376 e. The van der Waals surface area contributed by atoms with Crippen molar-refractivity contribution >= 4 is 25.8 Å². The van der Waals surface area contributed by atoms with Gasteiger partial charge in [-0.25, -0.2) is 8.42 Å². The van der Waals surface area contributed by atoms with Crippen molar-refractivity contribution in [2.75, 3.05) is 0 Å². The molecule has 2 atom stereocenters. The monoisotopic (exact) mass is 394 g/mol. The van der Waals surface area contributed by atoms with Crippen LogP contribution in [0.2, 0.25) is 0 Å².